The van der Waals surface area contributed by atoms with E-state index in [2.05, 4.69) is 0 Å². The summed E-state index contributed by atoms with van der Waals surface area (Å²) in [7, 11) is 0. The first kappa shape index (κ1) is 10.4. The van der Waals surface area contributed by atoms with E-state index in [9.17, 15) is 10.2 Å². The molecule has 0 heterocycles. The maximum absolute atomic E-state index is 10.2. The van der Waals surface area contributed by atoms with Crippen molar-refractivity contribution >= 4 is 0 Å². The van der Waals surface area contributed by atoms with Gasteiger partial charge in [-0.05, 0) is 25.7 Å². The van der Waals surface area contributed by atoms with Crippen molar-refractivity contribution in [1.82, 2.24) is 0 Å². The van der Waals surface area contributed by atoms with Gasteiger partial charge in [0.2, 0.25) is 0 Å². The van der Waals surface area contributed by atoms with Crippen LogP contribution in [0.5, 0.6) is 0 Å². The van der Waals surface area contributed by atoms with Crippen LogP contribution in [0.3, 0.4) is 0 Å². The van der Waals surface area contributed by atoms with E-state index in [-0.39, 0.29) is 17.6 Å². The van der Waals surface area contributed by atoms with E-state index < -0.39 is 0 Å². The molecule has 2 saturated carbocycles. The summed E-state index contributed by atoms with van der Waals surface area (Å²) in [6.07, 6.45) is 9.33. The molecule has 2 aliphatic rings. The Kier molecular flexibility index (Phi) is 3.13. The minimum Gasteiger partial charge on any atom is -0.392 e. The molecule has 3 atom stereocenters. The van der Waals surface area contributed by atoms with Gasteiger partial charge >= 0.3 is 0 Å². The molecule has 0 bridgehead atoms. The highest BCUT2D eigenvalue weighted by atomic mass is 16.3. The van der Waals surface area contributed by atoms with Crippen LogP contribution in [-0.4, -0.2) is 22.4 Å². The molecular weight excluding hydrogens is 176 g/mol. The van der Waals surface area contributed by atoms with E-state index in [0.29, 0.717) is 0 Å². The molecule has 0 aromatic rings. The molecule has 82 valence electrons. The average molecular weight is 198 g/mol. The van der Waals surface area contributed by atoms with Gasteiger partial charge in [0.15, 0.2) is 0 Å². The predicted molar refractivity (Wildman–Crippen MR) is 56.0 cm³/mol. The molecule has 0 amide bonds. The van der Waals surface area contributed by atoms with E-state index in [1.165, 1.54) is 19.3 Å². The molecule has 2 heteroatoms. The molecule has 2 rings (SSSR count). The zero-order chi connectivity index (χ0) is 10.0. The summed E-state index contributed by atoms with van der Waals surface area (Å²) < 4.78 is 0. The second-order valence-corrected chi connectivity index (χ2v) is 5.11. The van der Waals surface area contributed by atoms with Crippen molar-refractivity contribution in [2.45, 2.75) is 70.0 Å². The zero-order valence-corrected chi connectivity index (χ0v) is 8.91. The van der Waals surface area contributed by atoms with Crippen LogP contribution in [0.15, 0.2) is 0 Å². The molecule has 2 aliphatic carbocycles. The van der Waals surface area contributed by atoms with Crippen molar-refractivity contribution in [3.05, 3.63) is 0 Å². The molecule has 2 nitrogen and oxygen atoms in total. The summed E-state index contributed by atoms with van der Waals surface area (Å²) in [6.45, 7) is 0. The van der Waals surface area contributed by atoms with Gasteiger partial charge in [0.05, 0.1) is 12.2 Å². The van der Waals surface area contributed by atoms with Crippen molar-refractivity contribution in [2.75, 3.05) is 0 Å². The lowest BCUT2D eigenvalue weighted by atomic mass is 9.71. The first-order valence-electron chi connectivity index (χ1n) is 6.12. The minimum atomic E-state index is -0.250. The fourth-order valence-electron chi connectivity index (χ4n) is 3.36. The highest BCUT2D eigenvalue weighted by molar-refractivity contribution is 4.97. The lowest BCUT2D eigenvalue weighted by molar-refractivity contribution is -0.0656. The molecule has 0 aromatic heterocycles. The molecule has 0 unspecified atom stereocenters. The Morgan fingerprint density at radius 1 is 0.714 bits per heavy atom. The monoisotopic (exact) mass is 198 g/mol. The molecule has 0 aliphatic heterocycles. The lowest BCUT2D eigenvalue weighted by Gasteiger charge is -2.39. The highest BCUT2D eigenvalue weighted by Gasteiger charge is 2.46. The van der Waals surface area contributed by atoms with E-state index in [4.69, 9.17) is 0 Å². The van der Waals surface area contributed by atoms with Crippen molar-refractivity contribution in [1.29, 1.82) is 0 Å². The summed E-state index contributed by atoms with van der Waals surface area (Å²) in [5, 5.41) is 20.2. The molecule has 14 heavy (non-hydrogen) atoms. The lowest BCUT2D eigenvalue weighted by Crippen LogP contribution is -2.42. The van der Waals surface area contributed by atoms with Gasteiger partial charge in [0, 0.05) is 5.41 Å². The molecular formula is C12H22O2. The predicted octanol–water partition coefficient (Wildman–Crippen LogP) is 2.23. The van der Waals surface area contributed by atoms with E-state index >= 15 is 0 Å². The van der Waals surface area contributed by atoms with Gasteiger partial charge in [0.25, 0.3) is 0 Å². The first-order valence-corrected chi connectivity index (χ1v) is 6.12. The molecule has 0 saturated heterocycles. The Hall–Kier alpha value is -0.0800. The normalized spacial score (nSPS) is 45.0. The Morgan fingerprint density at radius 3 is 2.00 bits per heavy atom. The Bertz CT molecular complexity index is 193. The zero-order valence-electron chi connectivity index (χ0n) is 8.91. The van der Waals surface area contributed by atoms with Crippen LogP contribution in [-0.2, 0) is 0 Å². The van der Waals surface area contributed by atoms with E-state index in [1.807, 2.05) is 0 Å². The number of aliphatic hydroxyl groups excluding tert-OH is 2. The number of rotatable bonds is 0. The largest absolute Gasteiger partial charge is 0.392 e. The first-order chi connectivity index (χ1) is 6.76. The molecule has 0 radical (unpaired) electrons. The van der Waals surface area contributed by atoms with E-state index in [1.54, 1.807) is 0 Å². The van der Waals surface area contributed by atoms with Crippen molar-refractivity contribution in [3.63, 3.8) is 0 Å². The SMILES string of the molecule is O[C@@H]1CCCCCC[C@]12CCC[C@@H]2O. The third kappa shape index (κ3) is 1.70. The Labute approximate surface area is 86.3 Å². The van der Waals surface area contributed by atoms with E-state index in [0.717, 1.165) is 38.5 Å². The average Bonchev–Trinajstić information content (AvgIpc) is 2.52. The van der Waals surface area contributed by atoms with Gasteiger partial charge in [-0.15, -0.1) is 0 Å². The standard InChI is InChI=1S/C12H22O2/c13-10-6-3-1-2-4-8-12(10)9-5-7-11(12)14/h10-11,13-14H,1-9H2/t10-,11+,12+/m1/s1. The van der Waals surface area contributed by atoms with Crippen molar-refractivity contribution in [3.8, 4) is 0 Å². The summed E-state index contributed by atoms with van der Waals surface area (Å²) in [5.74, 6) is 0. The Balaban J connectivity index is 2.11. The quantitative estimate of drug-likeness (QED) is 0.626. The third-order valence-electron chi connectivity index (χ3n) is 4.32. The second-order valence-electron chi connectivity index (χ2n) is 5.11. The highest BCUT2D eigenvalue weighted by Crippen LogP contribution is 2.47. The summed E-state index contributed by atoms with van der Waals surface area (Å²) >= 11 is 0. The topological polar surface area (TPSA) is 40.5 Å². The van der Waals surface area contributed by atoms with Crippen LogP contribution in [0, 0.1) is 5.41 Å². The Morgan fingerprint density at radius 2 is 1.29 bits per heavy atom. The van der Waals surface area contributed by atoms with Crippen LogP contribution in [0.2, 0.25) is 0 Å². The summed E-state index contributed by atoms with van der Waals surface area (Å²) in [6, 6.07) is 0. The molecule has 0 aromatic carbocycles. The van der Waals surface area contributed by atoms with Crippen molar-refractivity contribution < 1.29 is 10.2 Å². The van der Waals surface area contributed by atoms with Gasteiger partial charge in [-0.2, -0.15) is 0 Å². The molecule has 2 N–H and O–H groups in total. The van der Waals surface area contributed by atoms with Crippen LogP contribution < -0.4 is 0 Å². The van der Waals surface area contributed by atoms with Crippen LogP contribution in [0.4, 0.5) is 0 Å². The van der Waals surface area contributed by atoms with Crippen molar-refractivity contribution in [2.24, 2.45) is 5.41 Å². The van der Waals surface area contributed by atoms with Gasteiger partial charge in [-0.1, -0.05) is 32.1 Å². The van der Waals surface area contributed by atoms with Gasteiger partial charge in [0.1, 0.15) is 0 Å². The summed E-state index contributed by atoms with van der Waals surface area (Å²) in [4.78, 5) is 0. The maximum atomic E-state index is 10.2. The van der Waals surface area contributed by atoms with Crippen LogP contribution >= 0.6 is 0 Å². The van der Waals surface area contributed by atoms with Crippen LogP contribution in [0.1, 0.15) is 57.8 Å². The number of aliphatic hydroxyl groups is 2. The fraction of sp³-hybridized carbons (Fsp3) is 1.00. The minimum absolute atomic E-state index is 0.125. The van der Waals surface area contributed by atoms with Gasteiger partial charge in [-0.3, -0.25) is 0 Å². The molecule has 1 spiro atoms. The number of hydrogen-bond donors (Lipinski definition) is 2. The third-order valence-corrected chi connectivity index (χ3v) is 4.32. The fourth-order valence-corrected chi connectivity index (χ4v) is 3.36. The van der Waals surface area contributed by atoms with Crippen LogP contribution in [0.25, 0.3) is 0 Å². The summed E-state index contributed by atoms with van der Waals surface area (Å²) in [5.41, 5.74) is -0.125. The smallest absolute Gasteiger partial charge is 0.0621 e. The van der Waals surface area contributed by atoms with Gasteiger partial charge < -0.3 is 10.2 Å². The second kappa shape index (κ2) is 4.19. The number of hydrogen-bond acceptors (Lipinski definition) is 2. The maximum Gasteiger partial charge on any atom is 0.0621 e. The molecule has 2 fully saturated rings. The van der Waals surface area contributed by atoms with Gasteiger partial charge in [-0.25, -0.2) is 0 Å².